The summed E-state index contributed by atoms with van der Waals surface area (Å²) in [5.74, 6) is 0.0561. The van der Waals surface area contributed by atoms with Crippen molar-refractivity contribution in [3.8, 4) is 0 Å². The van der Waals surface area contributed by atoms with Gasteiger partial charge in [0.15, 0.2) is 0 Å². The molecule has 0 radical (unpaired) electrons. The van der Waals surface area contributed by atoms with Crippen molar-refractivity contribution in [1.29, 1.82) is 0 Å². The number of esters is 1. The summed E-state index contributed by atoms with van der Waals surface area (Å²) in [6.45, 7) is 7.25. The van der Waals surface area contributed by atoms with Crippen LogP contribution in [0.25, 0.3) is 0 Å². The first-order valence-electron chi connectivity index (χ1n) is 10.2. The first kappa shape index (κ1) is 19.4. The summed E-state index contributed by atoms with van der Waals surface area (Å²) in [5.41, 5.74) is 4.81. The fourth-order valence-electron chi connectivity index (χ4n) is 4.58. The molecule has 0 bridgehead atoms. The van der Waals surface area contributed by atoms with Gasteiger partial charge in [-0.25, -0.2) is 0 Å². The molecule has 1 amide bonds. The molecule has 1 saturated heterocycles. The highest BCUT2D eigenvalue weighted by Gasteiger charge is 2.55. The van der Waals surface area contributed by atoms with E-state index < -0.39 is 5.41 Å². The maximum atomic E-state index is 12.4. The normalized spacial score (nSPS) is 23.0. The molecule has 1 aliphatic carbocycles. The van der Waals surface area contributed by atoms with Crippen LogP contribution in [0.3, 0.4) is 0 Å². The van der Waals surface area contributed by atoms with E-state index in [1.54, 1.807) is 0 Å². The fraction of sp³-hybridized carbons (Fsp3) is 0.360. The smallest absolute Gasteiger partial charge is 0.313 e. The van der Waals surface area contributed by atoms with Crippen molar-refractivity contribution in [2.75, 3.05) is 13.2 Å². The van der Waals surface area contributed by atoms with E-state index in [0.717, 1.165) is 24.0 Å². The van der Waals surface area contributed by atoms with Crippen LogP contribution in [0.2, 0.25) is 0 Å². The van der Waals surface area contributed by atoms with Gasteiger partial charge in [-0.3, -0.25) is 9.59 Å². The highest BCUT2D eigenvalue weighted by Crippen LogP contribution is 2.52. The molecule has 2 aliphatic rings. The molecule has 4 nitrogen and oxygen atoms in total. The number of benzene rings is 2. The van der Waals surface area contributed by atoms with Crippen molar-refractivity contribution in [2.45, 2.75) is 32.6 Å². The predicted octanol–water partition coefficient (Wildman–Crippen LogP) is 4.02. The maximum absolute atomic E-state index is 12.4. The predicted molar refractivity (Wildman–Crippen MR) is 113 cm³/mol. The molecule has 2 unspecified atom stereocenters. The SMILES string of the molecule is C=C1CC2COC(=O)C2(Cc2ccc(C(=O)NCCc3ccc(C)cc3)cc2)C1. The van der Waals surface area contributed by atoms with Crippen LogP contribution >= 0.6 is 0 Å². The third-order valence-electron chi connectivity index (χ3n) is 6.26. The summed E-state index contributed by atoms with van der Waals surface area (Å²) >= 11 is 0. The van der Waals surface area contributed by atoms with Gasteiger partial charge in [-0.1, -0.05) is 54.1 Å². The van der Waals surface area contributed by atoms with Crippen LogP contribution in [0.1, 0.15) is 39.9 Å². The van der Waals surface area contributed by atoms with Gasteiger partial charge in [-0.2, -0.15) is 0 Å². The lowest BCUT2D eigenvalue weighted by Crippen LogP contribution is -2.31. The lowest BCUT2D eigenvalue weighted by atomic mass is 9.75. The van der Waals surface area contributed by atoms with Crippen molar-refractivity contribution in [3.05, 3.63) is 82.9 Å². The van der Waals surface area contributed by atoms with E-state index in [9.17, 15) is 9.59 Å². The lowest BCUT2D eigenvalue weighted by Gasteiger charge is -2.24. The topological polar surface area (TPSA) is 55.4 Å². The summed E-state index contributed by atoms with van der Waals surface area (Å²) in [7, 11) is 0. The molecule has 1 saturated carbocycles. The quantitative estimate of drug-likeness (QED) is 0.600. The maximum Gasteiger partial charge on any atom is 0.313 e. The second kappa shape index (κ2) is 7.86. The van der Waals surface area contributed by atoms with Crippen molar-refractivity contribution in [1.82, 2.24) is 5.32 Å². The summed E-state index contributed by atoms with van der Waals surface area (Å²) in [5, 5.41) is 2.98. The standard InChI is InChI=1S/C25H27NO3/c1-17-3-5-19(6-4-17)11-12-26-23(27)21-9-7-20(8-10-21)15-25-14-18(2)13-22(25)16-29-24(25)28/h3-10,22H,2,11-16H2,1H3,(H,26,27). The van der Waals surface area contributed by atoms with Crippen LogP contribution in [-0.4, -0.2) is 25.0 Å². The second-order valence-corrected chi connectivity index (χ2v) is 8.45. The van der Waals surface area contributed by atoms with Gasteiger partial charge in [0, 0.05) is 18.0 Å². The molecule has 1 heterocycles. The van der Waals surface area contributed by atoms with E-state index in [1.807, 2.05) is 24.3 Å². The van der Waals surface area contributed by atoms with Gasteiger partial charge in [0.25, 0.3) is 5.91 Å². The van der Waals surface area contributed by atoms with Crippen molar-refractivity contribution in [3.63, 3.8) is 0 Å². The Bertz CT molecular complexity index is 930. The van der Waals surface area contributed by atoms with Crippen LogP contribution in [0, 0.1) is 18.3 Å². The summed E-state index contributed by atoms with van der Waals surface area (Å²) in [4.78, 5) is 24.9. The molecule has 2 fully saturated rings. The zero-order chi connectivity index (χ0) is 20.4. The van der Waals surface area contributed by atoms with Gasteiger partial charge < -0.3 is 10.1 Å². The number of nitrogens with one attached hydrogen (secondary N) is 1. The van der Waals surface area contributed by atoms with Crippen molar-refractivity contribution >= 4 is 11.9 Å². The fourth-order valence-corrected chi connectivity index (χ4v) is 4.58. The number of allylic oxidation sites excluding steroid dienone is 1. The minimum Gasteiger partial charge on any atom is -0.465 e. The van der Waals surface area contributed by atoms with Gasteiger partial charge in [0.05, 0.1) is 12.0 Å². The minimum atomic E-state index is -0.463. The Balaban J connectivity index is 1.35. The molecule has 2 aromatic rings. The first-order valence-corrected chi connectivity index (χ1v) is 10.2. The number of carbonyl (C=O) groups excluding carboxylic acids is 2. The van der Waals surface area contributed by atoms with Gasteiger partial charge in [0.1, 0.15) is 0 Å². The molecular weight excluding hydrogens is 362 g/mol. The molecule has 29 heavy (non-hydrogen) atoms. The Morgan fingerprint density at radius 3 is 2.55 bits per heavy atom. The molecular formula is C25H27NO3. The molecule has 1 aliphatic heterocycles. The summed E-state index contributed by atoms with van der Waals surface area (Å²) < 4.78 is 5.35. The molecule has 2 atom stereocenters. The zero-order valence-corrected chi connectivity index (χ0v) is 16.9. The Kier molecular flexibility index (Phi) is 5.27. The number of hydrogen-bond donors (Lipinski definition) is 1. The van der Waals surface area contributed by atoms with E-state index >= 15 is 0 Å². The van der Waals surface area contributed by atoms with Crippen LogP contribution in [0.15, 0.2) is 60.7 Å². The molecule has 1 N–H and O–H groups in total. The third kappa shape index (κ3) is 3.98. The van der Waals surface area contributed by atoms with E-state index in [-0.39, 0.29) is 17.8 Å². The number of amides is 1. The lowest BCUT2D eigenvalue weighted by molar-refractivity contribution is -0.146. The first-order chi connectivity index (χ1) is 14.0. The second-order valence-electron chi connectivity index (χ2n) is 8.45. The minimum absolute atomic E-state index is 0.0748. The molecule has 4 heteroatoms. The van der Waals surface area contributed by atoms with E-state index in [0.29, 0.717) is 31.6 Å². The Morgan fingerprint density at radius 1 is 1.14 bits per heavy atom. The Labute approximate surface area is 172 Å². The van der Waals surface area contributed by atoms with Crippen molar-refractivity contribution < 1.29 is 14.3 Å². The average molecular weight is 389 g/mol. The van der Waals surface area contributed by atoms with E-state index in [1.165, 1.54) is 11.1 Å². The number of hydrogen-bond acceptors (Lipinski definition) is 3. The number of carbonyl (C=O) groups is 2. The van der Waals surface area contributed by atoms with E-state index in [4.69, 9.17) is 4.74 Å². The third-order valence-corrected chi connectivity index (χ3v) is 6.26. The van der Waals surface area contributed by atoms with Crippen LogP contribution < -0.4 is 5.32 Å². The summed E-state index contributed by atoms with van der Waals surface area (Å²) in [6.07, 6.45) is 3.02. The summed E-state index contributed by atoms with van der Waals surface area (Å²) in [6, 6.07) is 15.9. The number of rotatable bonds is 6. The molecule has 0 spiro atoms. The van der Waals surface area contributed by atoms with Gasteiger partial charge in [0.2, 0.25) is 0 Å². The Morgan fingerprint density at radius 2 is 1.83 bits per heavy atom. The molecule has 4 rings (SSSR count). The number of cyclic esters (lactones) is 1. The number of aryl methyl sites for hydroxylation is 1. The number of ether oxygens (including phenoxy) is 1. The van der Waals surface area contributed by atoms with Crippen molar-refractivity contribution in [2.24, 2.45) is 11.3 Å². The zero-order valence-electron chi connectivity index (χ0n) is 16.9. The monoisotopic (exact) mass is 389 g/mol. The van der Waals surface area contributed by atoms with Gasteiger partial charge in [-0.15, -0.1) is 0 Å². The van der Waals surface area contributed by atoms with Crippen LogP contribution in [0.5, 0.6) is 0 Å². The molecule has 0 aromatic heterocycles. The largest absolute Gasteiger partial charge is 0.465 e. The van der Waals surface area contributed by atoms with Crippen LogP contribution in [0.4, 0.5) is 0 Å². The highest BCUT2D eigenvalue weighted by molar-refractivity contribution is 5.94. The van der Waals surface area contributed by atoms with Gasteiger partial charge >= 0.3 is 5.97 Å². The number of fused-ring (bicyclic) bond motifs is 1. The highest BCUT2D eigenvalue weighted by atomic mass is 16.5. The molecule has 150 valence electrons. The Hall–Kier alpha value is -2.88. The van der Waals surface area contributed by atoms with E-state index in [2.05, 4.69) is 43.1 Å². The molecule has 2 aromatic carbocycles. The van der Waals surface area contributed by atoms with Crippen LogP contribution in [-0.2, 0) is 22.4 Å². The average Bonchev–Trinajstić information content (AvgIpc) is 3.18. The van der Waals surface area contributed by atoms with Gasteiger partial charge in [-0.05, 0) is 55.9 Å².